The minimum Gasteiger partial charge on any atom is -0.459 e. The molecule has 120 valence electrons. The van der Waals surface area contributed by atoms with Crippen LogP contribution in [-0.2, 0) is 12.8 Å². The van der Waals surface area contributed by atoms with E-state index in [1.54, 1.807) is 18.5 Å². The lowest BCUT2D eigenvalue weighted by Crippen LogP contribution is -2.45. The van der Waals surface area contributed by atoms with Gasteiger partial charge in [0.25, 0.3) is 5.91 Å². The molecule has 1 saturated heterocycles. The number of nitrogens with zero attached hydrogens (tertiary/aromatic N) is 3. The monoisotopic (exact) mass is 312 g/mol. The Balaban J connectivity index is 1.46. The maximum absolute atomic E-state index is 12.4. The van der Waals surface area contributed by atoms with E-state index in [1.807, 2.05) is 4.90 Å². The van der Waals surface area contributed by atoms with Gasteiger partial charge in [0.05, 0.1) is 6.26 Å². The lowest BCUT2D eigenvalue weighted by atomic mass is 10.0. The number of aromatic nitrogens is 2. The number of amides is 1. The van der Waals surface area contributed by atoms with E-state index in [2.05, 4.69) is 15.3 Å². The van der Waals surface area contributed by atoms with Crippen LogP contribution in [0.25, 0.3) is 0 Å². The molecule has 4 rings (SSSR count). The van der Waals surface area contributed by atoms with Crippen molar-refractivity contribution in [2.45, 2.75) is 38.1 Å². The lowest BCUT2D eigenvalue weighted by molar-refractivity contribution is 0.0682. The number of likely N-dealkylation sites (tertiary alicyclic amines) is 1. The maximum atomic E-state index is 12.4. The van der Waals surface area contributed by atoms with Crippen molar-refractivity contribution in [1.29, 1.82) is 0 Å². The fourth-order valence-corrected chi connectivity index (χ4v) is 3.51. The van der Waals surface area contributed by atoms with Crippen molar-refractivity contribution in [3.05, 3.63) is 41.7 Å². The van der Waals surface area contributed by atoms with Crippen LogP contribution in [0.5, 0.6) is 0 Å². The normalized spacial score (nSPS) is 20.3. The molecule has 0 bridgehead atoms. The highest BCUT2D eigenvalue weighted by Gasteiger charge is 2.27. The van der Waals surface area contributed by atoms with Gasteiger partial charge in [0.1, 0.15) is 12.1 Å². The van der Waals surface area contributed by atoms with Gasteiger partial charge in [-0.15, -0.1) is 0 Å². The number of carbonyl (C=O) groups excluding carboxylic acids is 1. The molecule has 2 aliphatic rings. The molecular formula is C17H20N4O2. The molecule has 1 amide bonds. The Morgan fingerprint density at radius 2 is 2.26 bits per heavy atom. The third kappa shape index (κ3) is 2.81. The van der Waals surface area contributed by atoms with Crippen LogP contribution in [0.15, 0.2) is 29.1 Å². The first kappa shape index (κ1) is 14.2. The minimum absolute atomic E-state index is 0.0329. The van der Waals surface area contributed by atoms with E-state index in [9.17, 15) is 4.79 Å². The van der Waals surface area contributed by atoms with E-state index < -0.39 is 0 Å². The second-order valence-corrected chi connectivity index (χ2v) is 6.21. The maximum Gasteiger partial charge on any atom is 0.289 e. The summed E-state index contributed by atoms with van der Waals surface area (Å²) in [5.74, 6) is 1.33. The highest BCUT2D eigenvalue weighted by atomic mass is 16.3. The molecule has 0 aromatic carbocycles. The number of fused-ring (bicyclic) bond motifs is 1. The zero-order valence-electron chi connectivity index (χ0n) is 13.0. The van der Waals surface area contributed by atoms with E-state index in [0.717, 1.165) is 44.5 Å². The molecule has 2 aromatic rings. The van der Waals surface area contributed by atoms with Gasteiger partial charge in [-0.3, -0.25) is 4.79 Å². The number of hydrogen-bond donors (Lipinski definition) is 1. The lowest BCUT2D eigenvalue weighted by Gasteiger charge is -2.33. The number of carbonyl (C=O) groups is 1. The molecule has 2 aromatic heterocycles. The molecule has 0 spiro atoms. The highest BCUT2D eigenvalue weighted by Crippen LogP contribution is 2.26. The molecule has 3 heterocycles. The zero-order chi connectivity index (χ0) is 15.6. The van der Waals surface area contributed by atoms with Crippen LogP contribution in [0, 0.1) is 0 Å². The van der Waals surface area contributed by atoms with Crippen LogP contribution in [0.4, 0.5) is 5.82 Å². The van der Waals surface area contributed by atoms with Gasteiger partial charge in [0, 0.05) is 30.4 Å². The Morgan fingerprint density at radius 3 is 3.13 bits per heavy atom. The highest BCUT2D eigenvalue weighted by molar-refractivity contribution is 5.91. The molecule has 6 nitrogen and oxygen atoms in total. The number of piperidine rings is 1. The molecule has 0 saturated carbocycles. The summed E-state index contributed by atoms with van der Waals surface area (Å²) in [7, 11) is 0. The molecule has 1 aliphatic carbocycles. The van der Waals surface area contributed by atoms with E-state index in [1.165, 1.54) is 17.5 Å². The van der Waals surface area contributed by atoms with Crippen LogP contribution in [0.2, 0.25) is 0 Å². The quantitative estimate of drug-likeness (QED) is 0.941. The van der Waals surface area contributed by atoms with Crippen molar-refractivity contribution in [2.24, 2.45) is 0 Å². The van der Waals surface area contributed by atoms with Gasteiger partial charge in [-0.1, -0.05) is 0 Å². The van der Waals surface area contributed by atoms with Crippen LogP contribution >= 0.6 is 0 Å². The third-order valence-electron chi connectivity index (χ3n) is 4.66. The summed E-state index contributed by atoms with van der Waals surface area (Å²) in [5.41, 5.74) is 2.42. The van der Waals surface area contributed by atoms with Gasteiger partial charge in [-0.05, 0) is 44.2 Å². The summed E-state index contributed by atoms with van der Waals surface area (Å²) in [6.45, 7) is 1.46. The molecule has 1 unspecified atom stereocenters. The van der Waals surface area contributed by atoms with Crippen molar-refractivity contribution in [3.63, 3.8) is 0 Å². The number of nitrogens with one attached hydrogen (secondary N) is 1. The Morgan fingerprint density at radius 1 is 1.30 bits per heavy atom. The molecule has 1 fully saturated rings. The van der Waals surface area contributed by atoms with Gasteiger partial charge in [-0.2, -0.15) is 0 Å². The van der Waals surface area contributed by atoms with Crippen molar-refractivity contribution >= 4 is 11.7 Å². The average Bonchev–Trinajstić information content (AvgIpc) is 3.26. The van der Waals surface area contributed by atoms with Crippen LogP contribution < -0.4 is 5.32 Å². The van der Waals surface area contributed by atoms with E-state index in [4.69, 9.17) is 4.42 Å². The second-order valence-electron chi connectivity index (χ2n) is 6.21. The van der Waals surface area contributed by atoms with Crippen molar-refractivity contribution < 1.29 is 9.21 Å². The van der Waals surface area contributed by atoms with Crippen molar-refractivity contribution in [1.82, 2.24) is 14.9 Å². The fraction of sp³-hybridized carbons (Fsp3) is 0.471. The average molecular weight is 312 g/mol. The summed E-state index contributed by atoms with van der Waals surface area (Å²) in [4.78, 5) is 23.1. The Kier molecular flexibility index (Phi) is 3.73. The standard InChI is InChI=1S/C17H20N4O2/c22-17(15-7-3-9-23-15)21-8-2-4-12(10-21)20-16-13-5-1-6-14(13)18-11-19-16/h3,7,9,11-12H,1-2,4-6,8,10H2,(H,18,19,20). The SMILES string of the molecule is O=C(c1ccco1)N1CCCC(Nc2ncnc3c2CCC3)C1. The van der Waals surface area contributed by atoms with E-state index in [0.29, 0.717) is 12.3 Å². The molecule has 0 radical (unpaired) electrons. The summed E-state index contributed by atoms with van der Waals surface area (Å²) < 4.78 is 5.23. The van der Waals surface area contributed by atoms with E-state index >= 15 is 0 Å². The predicted octanol–water partition coefficient (Wildman–Crippen LogP) is 2.28. The molecule has 1 atom stereocenters. The number of aryl methyl sites for hydroxylation is 1. The van der Waals surface area contributed by atoms with Crippen molar-refractivity contribution in [3.8, 4) is 0 Å². The molecule has 1 aliphatic heterocycles. The summed E-state index contributed by atoms with van der Waals surface area (Å²) in [6, 6.07) is 3.69. The summed E-state index contributed by atoms with van der Waals surface area (Å²) in [5, 5.41) is 3.54. The van der Waals surface area contributed by atoms with Gasteiger partial charge >= 0.3 is 0 Å². The Hall–Kier alpha value is -2.37. The van der Waals surface area contributed by atoms with Crippen LogP contribution in [0.3, 0.4) is 0 Å². The molecule has 1 N–H and O–H groups in total. The summed E-state index contributed by atoms with van der Waals surface area (Å²) >= 11 is 0. The molecule has 23 heavy (non-hydrogen) atoms. The largest absolute Gasteiger partial charge is 0.459 e. The number of hydrogen-bond acceptors (Lipinski definition) is 5. The van der Waals surface area contributed by atoms with Crippen LogP contribution in [0.1, 0.15) is 41.1 Å². The molecular weight excluding hydrogens is 292 g/mol. The third-order valence-corrected chi connectivity index (χ3v) is 4.66. The molecule has 6 heteroatoms. The second kappa shape index (κ2) is 6.02. The Labute approximate surface area is 134 Å². The number of rotatable bonds is 3. The van der Waals surface area contributed by atoms with Gasteiger partial charge in [-0.25, -0.2) is 9.97 Å². The Bertz CT molecular complexity index is 699. The summed E-state index contributed by atoms with van der Waals surface area (Å²) in [6.07, 6.45) is 8.44. The van der Waals surface area contributed by atoms with Crippen LogP contribution in [-0.4, -0.2) is 39.9 Å². The topological polar surface area (TPSA) is 71.3 Å². The van der Waals surface area contributed by atoms with Gasteiger partial charge in [0.2, 0.25) is 0 Å². The predicted molar refractivity (Wildman–Crippen MR) is 85.3 cm³/mol. The van der Waals surface area contributed by atoms with Gasteiger partial charge < -0.3 is 14.6 Å². The number of furan rings is 1. The first-order valence-electron chi connectivity index (χ1n) is 8.23. The number of anilines is 1. The minimum atomic E-state index is -0.0329. The fourth-order valence-electron chi connectivity index (χ4n) is 3.51. The smallest absolute Gasteiger partial charge is 0.289 e. The first-order valence-corrected chi connectivity index (χ1v) is 8.23. The first-order chi connectivity index (χ1) is 11.3. The van der Waals surface area contributed by atoms with Gasteiger partial charge in [0.15, 0.2) is 5.76 Å². The zero-order valence-corrected chi connectivity index (χ0v) is 13.0. The van der Waals surface area contributed by atoms with Crippen molar-refractivity contribution in [2.75, 3.05) is 18.4 Å². The van der Waals surface area contributed by atoms with E-state index in [-0.39, 0.29) is 11.9 Å².